The number of halogens is 5. The number of hydrogen-bond donors (Lipinski definition) is 0. The van der Waals surface area contributed by atoms with Crippen molar-refractivity contribution in [3.05, 3.63) is 71.3 Å². The number of hydrogen-bond acceptors (Lipinski definition) is 2. The van der Waals surface area contributed by atoms with Crippen LogP contribution in [0.5, 0.6) is 0 Å². The maximum atomic E-state index is 14.9. The number of nitrogens with zero attached hydrogens (tertiary/aromatic N) is 2. The zero-order valence-corrected chi connectivity index (χ0v) is 16.7. The van der Waals surface area contributed by atoms with Gasteiger partial charge in [0, 0.05) is 31.7 Å². The largest absolute Gasteiger partial charge is 0.369 e. The third-order valence-corrected chi connectivity index (χ3v) is 5.38. The average Bonchev–Trinajstić information content (AvgIpc) is 3.45. The molecular formula is C22H25F5N2. The van der Waals surface area contributed by atoms with E-state index >= 15 is 0 Å². The zero-order chi connectivity index (χ0) is 22.0. The summed E-state index contributed by atoms with van der Waals surface area (Å²) in [6.07, 6.45) is 2.53. The molecule has 1 aliphatic carbocycles. The van der Waals surface area contributed by atoms with Crippen molar-refractivity contribution in [3.63, 3.8) is 0 Å². The Balaban J connectivity index is 2.58. The number of benzene rings is 1. The number of rotatable bonds is 9. The van der Waals surface area contributed by atoms with Crippen LogP contribution in [-0.2, 0) is 5.92 Å². The van der Waals surface area contributed by atoms with Crippen LogP contribution in [0.2, 0.25) is 0 Å². The Morgan fingerprint density at radius 1 is 1.31 bits per heavy atom. The first-order valence-electron chi connectivity index (χ1n) is 9.19. The van der Waals surface area contributed by atoms with Gasteiger partial charge in [-0.2, -0.15) is 0 Å². The predicted octanol–water partition coefficient (Wildman–Crippen LogP) is 6.42. The fourth-order valence-electron chi connectivity index (χ4n) is 3.33. The number of alkyl halides is 4. The highest BCUT2D eigenvalue weighted by molar-refractivity contribution is 5.47. The maximum absolute atomic E-state index is 14.9. The molecule has 1 atom stereocenters. The predicted molar refractivity (Wildman–Crippen MR) is 106 cm³/mol. The summed E-state index contributed by atoms with van der Waals surface area (Å²) in [7, 11) is 1.52. The van der Waals surface area contributed by atoms with Gasteiger partial charge in [-0.15, -0.1) is 0 Å². The molecule has 1 aromatic rings. The molecule has 0 heterocycles. The van der Waals surface area contributed by atoms with Crippen molar-refractivity contribution in [2.75, 3.05) is 7.05 Å². The maximum Gasteiger partial charge on any atom is 0.273 e. The molecule has 2 rings (SSSR count). The van der Waals surface area contributed by atoms with Crippen LogP contribution in [0.3, 0.4) is 0 Å². The van der Waals surface area contributed by atoms with E-state index in [-0.39, 0.29) is 5.56 Å². The molecule has 2 nitrogen and oxygen atoms in total. The van der Waals surface area contributed by atoms with Crippen LogP contribution in [0.1, 0.15) is 43.7 Å². The van der Waals surface area contributed by atoms with E-state index in [4.69, 9.17) is 0 Å². The van der Waals surface area contributed by atoms with Crippen LogP contribution in [0.15, 0.2) is 59.4 Å². The van der Waals surface area contributed by atoms with Crippen LogP contribution in [0.25, 0.3) is 0 Å². The minimum absolute atomic E-state index is 0.0178. The van der Waals surface area contributed by atoms with Gasteiger partial charge in [-0.05, 0) is 31.2 Å². The van der Waals surface area contributed by atoms with E-state index in [1.165, 1.54) is 42.4 Å². The molecule has 0 amide bonds. The summed E-state index contributed by atoms with van der Waals surface area (Å²) in [5, 5.41) is 0. The molecule has 0 bridgehead atoms. The van der Waals surface area contributed by atoms with Gasteiger partial charge in [0.15, 0.2) is 0 Å². The van der Waals surface area contributed by atoms with Gasteiger partial charge in [-0.25, -0.2) is 22.0 Å². The Labute approximate surface area is 168 Å². The Bertz CT molecular complexity index is 832. The quantitative estimate of drug-likeness (QED) is 0.259. The van der Waals surface area contributed by atoms with Crippen LogP contribution in [0.4, 0.5) is 22.0 Å². The smallest absolute Gasteiger partial charge is 0.273 e. The lowest BCUT2D eigenvalue weighted by Gasteiger charge is -2.29. The van der Waals surface area contributed by atoms with Crippen molar-refractivity contribution < 1.29 is 22.0 Å². The van der Waals surface area contributed by atoms with Crippen LogP contribution in [0, 0.1) is 5.82 Å². The molecule has 7 heteroatoms. The molecule has 1 fully saturated rings. The topological polar surface area (TPSA) is 15.6 Å². The monoisotopic (exact) mass is 412 g/mol. The zero-order valence-electron chi connectivity index (χ0n) is 16.7. The summed E-state index contributed by atoms with van der Waals surface area (Å²) in [5.41, 5.74) is -1.30. The third-order valence-electron chi connectivity index (χ3n) is 5.38. The fourth-order valence-corrected chi connectivity index (χ4v) is 3.33. The van der Waals surface area contributed by atoms with E-state index in [1.807, 2.05) is 0 Å². The second-order valence-electron chi connectivity index (χ2n) is 7.36. The van der Waals surface area contributed by atoms with Gasteiger partial charge in [-0.1, -0.05) is 37.8 Å². The summed E-state index contributed by atoms with van der Waals surface area (Å²) < 4.78 is 69.5. The second kappa shape index (κ2) is 8.51. The summed E-state index contributed by atoms with van der Waals surface area (Å²) in [6, 6.07) is 3.78. The molecule has 0 aromatic heterocycles. The van der Waals surface area contributed by atoms with E-state index < -0.39 is 35.2 Å². The lowest BCUT2D eigenvalue weighted by molar-refractivity contribution is 0.0135. The first-order chi connectivity index (χ1) is 13.5. The molecule has 0 spiro atoms. The minimum atomic E-state index is -3.36. The van der Waals surface area contributed by atoms with Gasteiger partial charge < -0.3 is 4.90 Å². The first kappa shape index (κ1) is 22.8. The van der Waals surface area contributed by atoms with Gasteiger partial charge in [0.1, 0.15) is 11.4 Å². The van der Waals surface area contributed by atoms with Crippen molar-refractivity contribution in [1.82, 2.24) is 4.90 Å². The second-order valence-corrected chi connectivity index (χ2v) is 7.36. The third kappa shape index (κ3) is 4.60. The van der Waals surface area contributed by atoms with Crippen molar-refractivity contribution in [2.24, 2.45) is 4.99 Å². The molecule has 0 radical (unpaired) electrons. The molecule has 0 aliphatic heterocycles. The molecule has 29 heavy (non-hydrogen) atoms. The minimum Gasteiger partial charge on any atom is -0.369 e. The molecular weight excluding hydrogens is 387 g/mol. The average molecular weight is 412 g/mol. The van der Waals surface area contributed by atoms with E-state index in [0.29, 0.717) is 31.0 Å². The van der Waals surface area contributed by atoms with E-state index in [1.54, 1.807) is 6.92 Å². The van der Waals surface area contributed by atoms with Gasteiger partial charge >= 0.3 is 0 Å². The molecule has 1 unspecified atom stereocenters. The molecule has 0 saturated heterocycles. The van der Waals surface area contributed by atoms with E-state index in [2.05, 4.69) is 18.3 Å². The molecule has 158 valence electrons. The van der Waals surface area contributed by atoms with Crippen molar-refractivity contribution in [3.8, 4) is 0 Å². The molecule has 0 N–H and O–H groups in total. The van der Waals surface area contributed by atoms with E-state index in [9.17, 15) is 22.0 Å². The highest BCUT2D eigenvalue weighted by Crippen LogP contribution is 2.47. The Morgan fingerprint density at radius 2 is 1.93 bits per heavy atom. The molecule has 1 aromatic carbocycles. The first-order valence-corrected chi connectivity index (χ1v) is 9.19. The Kier molecular flexibility index (Phi) is 6.71. The fraction of sp³-hybridized carbons (Fsp3) is 0.409. The summed E-state index contributed by atoms with van der Waals surface area (Å²) in [6.45, 7) is 9.32. The number of aliphatic imine (C=N–C) groups is 1. The SMILES string of the molecule is C=C/C=C(N=C)\C(=C/N(C)C1(C(F)F)CC1)C(C)c1cccc(C(C)(F)F)c1F. The lowest BCUT2D eigenvalue weighted by atomic mass is 9.88. The summed E-state index contributed by atoms with van der Waals surface area (Å²) in [5.74, 6) is -5.13. The van der Waals surface area contributed by atoms with Gasteiger partial charge in [0.05, 0.1) is 11.3 Å². The van der Waals surface area contributed by atoms with Crippen LogP contribution in [-0.4, -0.2) is 30.6 Å². The summed E-state index contributed by atoms with van der Waals surface area (Å²) in [4.78, 5) is 5.32. The highest BCUT2D eigenvalue weighted by Gasteiger charge is 2.54. The lowest BCUT2D eigenvalue weighted by Crippen LogP contribution is -2.36. The Morgan fingerprint density at radius 3 is 2.38 bits per heavy atom. The van der Waals surface area contributed by atoms with Gasteiger partial charge in [0.25, 0.3) is 12.3 Å². The Hall–Kier alpha value is -2.44. The summed E-state index contributed by atoms with van der Waals surface area (Å²) >= 11 is 0. The van der Waals surface area contributed by atoms with Crippen LogP contribution >= 0.6 is 0 Å². The number of allylic oxidation sites excluding steroid dienone is 3. The van der Waals surface area contributed by atoms with Crippen molar-refractivity contribution in [1.29, 1.82) is 0 Å². The molecule has 1 saturated carbocycles. The van der Waals surface area contributed by atoms with Crippen molar-refractivity contribution in [2.45, 2.75) is 50.5 Å². The van der Waals surface area contributed by atoms with Gasteiger partial charge in [0.2, 0.25) is 0 Å². The van der Waals surface area contributed by atoms with E-state index in [0.717, 1.165) is 6.07 Å². The van der Waals surface area contributed by atoms with Crippen molar-refractivity contribution >= 4 is 6.72 Å². The standard InChI is InChI=1S/C22H25F5N2/c1-6-8-18(28-4)16(13-29(5)22(11-12-22)20(24)25)14(2)15-9-7-10-17(19(15)23)21(3,26)27/h6-10,13-14,20H,1,4,11-12H2,2-3,5H3/b16-13-,18-8+. The van der Waals surface area contributed by atoms with Gasteiger partial charge in [-0.3, -0.25) is 4.99 Å². The normalized spacial score (nSPS) is 17.8. The van der Waals surface area contributed by atoms with Crippen LogP contribution < -0.4 is 0 Å². The highest BCUT2D eigenvalue weighted by atomic mass is 19.3. The molecule has 1 aliphatic rings.